The molecule has 2 aromatic carbocycles. The number of carbonyl (C=O) groups excluding carboxylic acids is 2. The van der Waals surface area contributed by atoms with E-state index in [1.54, 1.807) is 31.2 Å². The molecule has 0 radical (unpaired) electrons. The van der Waals surface area contributed by atoms with Gasteiger partial charge in [0.05, 0.1) is 11.0 Å². The van der Waals surface area contributed by atoms with Crippen LogP contribution in [0.3, 0.4) is 0 Å². The number of aryl methyl sites for hydroxylation is 2. The molecule has 1 saturated heterocycles. The van der Waals surface area contributed by atoms with Crippen LogP contribution in [0.15, 0.2) is 52.3 Å². The topological polar surface area (TPSA) is 113 Å². The predicted octanol–water partition coefficient (Wildman–Crippen LogP) is 2.33. The third-order valence-electron chi connectivity index (χ3n) is 5.29. The van der Waals surface area contributed by atoms with Gasteiger partial charge in [-0.05, 0) is 61.6 Å². The Morgan fingerprint density at radius 3 is 2.62 bits per heavy atom. The Bertz CT molecular complexity index is 1120. The summed E-state index contributed by atoms with van der Waals surface area (Å²) < 4.78 is 32.3. The van der Waals surface area contributed by atoms with Crippen molar-refractivity contribution in [2.75, 3.05) is 24.7 Å². The van der Waals surface area contributed by atoms with Crippen molar-refractivity contribution in [1.82, 2.24) is 4.31 Å². The average molecular weight is 479 g/mol. The van der Waals surface area contributed by atoms with Crippen LogP contribution in [0, 0.1) is 13.8 Å². The van der Waals surface area contributed by atoms with E-state index in [1.807, 2.05) is 19.2 Å². The monoisotopic (exact) mass is 478 g/mol. The van der Waals surface area contributed by atoms with Crippen molar-refractivity contribution in [1.29, 1.82) is 0 Å². The maximum atomic E-state index is 13.1. The smallest absolute Gasteiger partial charge is 0.325 e. The summed E-state index contributed by atoms with van der Waals surface area (Å²) in [6.45, 7) is 2.88. The quantitative estimate of drug-likeness (QED) is 0.464. The van der Waals surface area contributed by atoms with Crippen LogP contribution >= 0.6 is 11.8 Å². The molecule has 0 bridgehead atoms. The second kappa shape index (κ2) is 10.0. The van der Waals surface area contributed by atoms with Gasteiger partial charge >= 0.3 is 5.97 Å². The first-order valence-corrected chi connectivity index (χ1v) is 12.7. The van der Waals surface area contributed by atoms with Gasteiger partial charge in [-0.3, -0.25) is 9.59 Å². The molecule has 2 aromatic rings. The maximum absolute atomic E-state index is 13.1. The summed E-state index contributed by atoms with van der Waals surface area (Å²) in [4.78, 5) is 25.8. The van der Waals surface area contributed by atoms with Crippen molar-refractivity contribution in [3.05, 3.63) is 53.6 Å². The minimum atomic E-state index is -4.03. The fourth-order valence-electron chi connectivity index (χ4n) is 3.40. The van der Waals surface area contributed by atoms with Crippen LogP contribution in [0.25, 0.3) is 0 Å². The number of ether oxygens (including phenoxy) is 1. The Balaban J connectivity index is 1.68. The number of hydrogen-bond donors (Lipinski definition) is 2. The van der Waals surface area contributed by atoms with Gasteiger partial charge < -0.3 is 15.2 Å². The third-order valence-corrected chi connectivity index (χ3v) is 7.89. The van der Waals surface area contributed by atoms with Crippen LogP contribution in [0.2, 0.25) is 0 Å². The highest BCUT2D eigenvalue weighted by Crippen LogP contribution is 2.28. The molecule has 0 aliphatic carbocycles. The van der Waals surface area contributed by atoms with E-state index in [0.717, 1.165) is 20.3 Å². The molecule has 1 aliphatic heterocycles. The maximum Gasteiger partial charge on any atom is 0.325 e. The Labute approximate surface area is 192 Å². The molecule has 1 unspecified atom stereocenters. The molecule has 2 N–H and O–H groups in total. The van der Waals surface area contributed by atoms with E-state index in [1.165, 1.54) is 23.9 Å². The summed E-state index contributed by atoms with van der Waals surface area (Å²) in [7, 11) is -4.03. The van der Waals surface area contributed by atoms with Gasteiger partial charge in [-0.1, -0.05) is 12.1 Å². The second-order valence-electron chi connectivity index (χ2n) is 7.61. The highest BCUT2D eigenvalue weighted by atomic mass is 32.2. The number of hydrogen-bond acceptors (Lipinski definition) is 7. The average Bonchev–Trinajstić information content (AvgIpc) is 3.16. The molecular formula is C22H26N2O6S2. The van der Waals surface area contributed by atoms with Crippen LogP contribution < -0.4 is 5.32 Å². The van der Waals surface area contributed by atoms with Crippen LogP contribution in [-0.4, -0.2) is 61.3 Å². The van der Waals surface area contributed by atoms with Crippen molar-refractivity contribution in [2.24, 2.45) is 0 Å². The number of rotatable bonds is 7. The van der Waals surface area contributed by atoms with Crippen molar-refractivity contribution < 1.29 is 27.9 Å². The fraction of sp³-hybridized carbons (Fsp3) is 0.364. The van der Waals surface area contributed by atoms with E-state index in [4.69, 9.17) is 4.74 Å². The van der Waals surface area contributed by atoms with Gasteiger partial charge in [-0.25, -0.2) is 8.42 Å². The lowest BCUT2D eigenvalue weighted by Crippen LogP contribution is -2.42. The number of amides is 1. The normalized spacial score (nSPS) is 19.0. The zero-order valence-corrected chi connectivity index (χ0v) is 19.7. The van der Waals surface area contributed by atoms with E-state index in [2.05, 4.69) is 5.32 Å². The molecule has 1 heterocycles. The van der Waals surface area contributed by atoms with Gasteiger partial charge in [0, 0.05) is 23.5 Å². The van der Waals surface area contributed by atoms with Gasteiger partial charge in [-0.2, -0.15) is 4.31 Å². The van der Waals surface area contributed by atoms with Crippen LogP contribution in [0.1, 0.15) is 17.5 Å². The number of nitrogens with one attached hydrogen (secondary N) is 1. The number of anilines is 1. The molecule has 1 fully saturated rings. The first kappa shape index (κ1) is 24.2. The molecule has 0 spiro atoms. The summed E-state index contributed by atoms with van der Waals surface area (Å²) in [5.41, 5.74) is 2.30. The summed E-state index contributed by atoms with van der Waals surface area (Å²) in [5, 5.41) is 12.7. The molecule has 10 heteroatoms. The molecule has 0 saturated carbocycles. The highest BCUT2D eigenvalue weighted by Gasteiger charge is 2.44. The van der Waals surface area contributed by atoms with Gasteiger partial charge in [0.25, 0.3) is 5.91 Å². The number of β-amino-alcohol motifs (C(OH)–C–C–N with tert-alkyl or cyclic N) is 1. The lowest BCUT2D eigenvalue weighted by molar-refractivity contribution is -0.150. The largest absolute Gasteiger partial charge is 0.454 e. The van der Waals surface area contributed by atoms with E-state index in [9.17, 15) is 23.1 Å². The van der Waals surface area contributed by atoms with Crippen LogP contribution in [0.5, 0.6) is 0 Å². The number of sulfonamides is 1. The van der Waals surface area contributed by atoms with E-state index in [0.29, 0.717) is 5.69 Å². The van der Waals surface area contributed by atoms with Crippen molar-refractivity contribution in [3.8, 4) is 0 Å². The molecule has 8 nitrogen and oxygen atoms in total. The Hall–Kier alpha value is -2.40. The van der Waals surface area contributed by atoms with Crippen molar-refractivity contribution in [3.63, 3.8) is 0 Å². The first-order valence-electron chi connectivity index (χ1n) is 9.99. The van der Waals surface area contributed by atoms with Gasteiger partial charge in [0.15, 0.2) is 6.61 Å². The third kappa shape index (κ3) is 5.50. The Kier molecular flexibility index (Phi) is 7.60. The fourth-order valence-corrected chi connectivity index (χ4v) is 5.58. The Morgan fingerprint density at radius 1 is 1.19 bits per heavy atom. The molecule has 2 atom stereocenters. The second-order valence-corrected chi connectivity index (χ2v) is 10.4. The number of aliphatic hydroxyl groups excluding tert-OH is 1. The number of carbonyl (C=O) groups is 2. The van der Waals surface area contributed by atoms with E-state index >= 15 is 0 Å². The van der Waals surface area contributed by atoms with Gasteiger partial charge in [-0.15, -0.1) is 11.8 Å². The molecule has 32 heavy (non-hydrogen) atoms. The number of aliphatic hydroxyl groups is 1. The highest BCUT2D eigenvalue weighted by molar-refractivity contribution is 7.98. The first-order chi connectivity index (χ1) is 15.1. The number of esters is 1. The van der Waals surface area contributed by atoms with Crippen LogP contribution in [0.4, 0.5) is 5.69 Å². The molecule has 1 aliphatic rings. The Morgan fingerprint density at radius 2 is 1.94 bits per heavy atom. The lowest BCUT2D eigenvalue weighted by atomic mass is 10.1. The minimum Gasteiger partial charge on any atom is -0.454 e. The lowest BCUT2D eigenvalue weighted by Gasteiger charge is -2.22. The standard InChI is InChI=1S/C22H26N2O6S2/c1-14-7-8-19(9-15(14)2)32(28,29)24-12-17(25)11-20(24)22(27)30-13-21(26)23-16-5-4-6-18(10-16)31-3/h4-10,17,20,25H,11-13H2,1-3H3,(H,23,26)/t17?,20-/m0/s1. The van der Waals surface area contributed by atoms with Gasteiger partial charge in [0.1, 0.15) is 6.04 Å². The summed E-state index contributed by atoms with van der Waals surface area (Å²) in [6.07, 6.45) is 0.813. The number of nitrogens with zero attached hydrogens (tertiary/aromatic N) is 1. The van der Waals surface area contributed by atoms with Crippen LogP contribution in [-0.2, 0) is 24.3 Å². The minimum absolute atomic E-state index is 0.0407. The number of benzene rings is 2. The summed E-state index contributed by atoms with van der Waals surface area (Å²) in [6, 6.07) is 10.7. The van der Waals surface area contributed by atoms with Crippen molar-refractivity contribution >= 4 is 39.3 Å². The van der Waals surface area contributed by atoms with Crippen molar-refractivity contribution in [2.45, 2.75) is 42.2 Å². The van der Waals surface area contributed by atoms with E-state index < -0.39 is 40.7 Å². The SMILES string of the molecule is CSc1cccc(NC(=O)COC(=O)[C@@H]2CC(O)CN2S(=O)(=O)c2ccc(C)c(C)c2)c1. The molecular weight excluding hydrogens is 452 g/mol. The molecule has 3 rings (SSSR count). The summed E-state index contributed by atoms with van der Waals surface area (Å²) >= 11 is 1.52. The zero-order chi connectivity index (χ0) is 23.5. The van der Waals surface area contributed by atoms with Gasteiger partial charge in [0.2, 0.25) is 10.0 Å². The number of thioether (sulfide) groups is 1. The molecule has 1 amide bonds. The molecule has 0 aromatic heterocycles. The zero-order valence-electron chi connectivity index (χ0n) is 18.1. The summed E-state index contributed by atoms with van der Waals surface area (Å²) in [5.74, 6) is -1.42. The van der Waals surface area contributed by atoms with E-state index in [-0.39, 0.29) is 17.9 Å². The molecule has 172 valence electrons. The predicted molar refractivity (Wildman–Crippen MR) is 122 cm³/mol.